The van der Waals surface area contributed by atoms with Crippen molar-refractivity contribution in [3.63, 3.8) is 0 Å². The zero-order valence-corrected chi connectivity index (χ0v) is 18.6. The number of halogens is 1. The second-order valence-corrected chi connectivity index (χ2v) is 9.04. The van der Waals surface area contributed by atoms with Crippen molar-refractivity contribution in [3.05, 3.63) is 89.4 Å². The van der Waals surface area contributed by atoms with Gasteiger partial charge in [-0.15, -0.1) is 0 Å². The van der Waals surface area contributed by atoms with Crippen molar-refractivity contribution < 1.29 is 4.39 Å². The fraction of sp³-hybridized carbons (Fsp3) is 0.357. The largest absolute Gasteiger partial charge is 0.360 e. The first-order valence-corrected chi connectivity index (χ1v) is 11.9. The predicted molar refractivity (Wildman–Crippen MR) is 130 cm³/mol. The number of aromatic amines is 1. The quantitative estimate of drug-likeness (QED) is 0.533. The van der Waals surface area contributed by atoms with Crippen molar-refractivity contribution in [1.82, 2.24) is 15.2 Å². The first-order chi connectivity index (χ1) is 15.8. The van der Waals surface area contributed by atoms with Gasteiger partial charge in [0.1, 0.15) is 5.82 Å². The van der Waals surface area contributed by atoms with Gasteiger partial charge in [-0.3, -0.25) is 4.90 Å². The molecule has 0 spiro atoms. The smallest absolute Gasteiger partial charge is 0.123 e. The molecule has 0 aliphatic carbocycles. The summed E-state index contributed by atoms with van der Waals surface area (Å²) < 4.78 is 13.5. The summed E-state index contributed by atoms with van der Waals surface area (Å²) in [7, 11) is 0. The molecule has 2 aliphatic heterocycles. The third kappa shape index (κ3) is 4.72. The molecule has 32 heavy (non-hydrogen) atoms. The monoisotopic (exact) mass is 429 g/mol. The van der Waals surface area contributed by atoms with Crippen molar-refractivity contribution in [3.8, 4) is 11.3 Å². The fourth-order valence-corrected chi connectivity index (χ4v) is 5.18. The van der Waals surface area contributed by atoms with Gasteiger partial charge >= 0.3 is 0 Å². The van der Waals surface area contributed by atoms with E-state index in [1.165, 1.54) is 28.0 Å². The minimum atomic E-state index is -0.186. The number of nitrogens with one attached hydrogen (secondary N) is 2. The normalized spacial score (nSPS) is 18.0. The maximum absolute atomic E-state index is 13.5. The number of benzene rings is 2. The topological polar surface area (TPSA) is 31.1 Å². The van der Waals surface area contributed by atoms with Crippen LogP contribution in [-0.2, 0) is 6.42 Å². The minimum absolute atomic E-state index is 0.186. The van der Waals surface area contributed by atoms with Crippen LogP contribution in [-0.4, -0.2) is 42.6 Å². The van der Waals surface area contributed by atoms with E-state index in [1.54, 1.807) is 12.1 Å². The van der Waals surface area contributed by atoms with Gasteiger partial charge in [0.15, 0.2) is 0 Å². The van der Waals surface area contributed by atoms with E-state index >= 15 is 0 Å². The first kappa shape index (κ1) is 21.2. The molecular weight excluding hydrogens is 397 g/mol. The molecule has 0 radical (unpaired) electrons. The Bertz CT molecular complexity index is 1050. The van der Waals surface area contributed by atoms with E-state index in [2.05, 4.69) is 57.8 Å². The van der Waals surface area contributed by atoms with Crippen LogP contribution in [0, 0.1) is 5.82 Å². The summed E-state index contributed by atoms with van der Waals surface area (Å²) in [6, 6.07) is 17.7. The van der Waals surface area contributed by atoms with Crippen LogP contribution in [0.15, 0.2) is 66.9 Å². The highest BCUT2D eigenvalue weighted by Gasteiger charge is 2.26. The average Bonchev–Trinajstić information content (AvgIpc) is 3.30. The highest BCUT2D eigenvalue weighted by Crippen LogP contribution is 2.40. The van der Waals surface area contributed by atoms with Crippen LogP contribution in [0.25, 0.3) is 16.8 Å². The molecule has 1 saturated heterocycles. The Morgan fingerprint density at radius 2 is 1.75 bits per heavy atom. The summed E-state index contributed by atoms with van der Waals surface area (Å²) in [6.07, 6.45) is 9.10. The van der Waals surface area contributed by atoms with E-state index in [0.29, 0.717) is 5.92 Å². The number of hydrogen-bond donors (Lipinski definition) is 2. The van der Waals surface area contributed by atoms with Crippen LogP contribution in [0.2, 0.25) is 0 Å². The van der Waals surface area contributed by atoms with Gasteiger partial charge in [0.25, 0.3) is 0 Å². The lowest BCUT2D eigenvalue weighted by Crippen LogP contribution is -2.31. The Morgan fingerprint density at radius 3 is 2.47 bits per heavy atom. The Kier molecular flexibility index (Phi) is 6.51. The molecule has 0 atom stereocenters. The number of aromatic nitrogens is 1. The predicted octanol–water partition coefficient (Wildman–Crippen LogP) is 5.62. The summed E-state index contributed by atoms with van der Waals surface area (Å²) in [5.41, 5.74) is 7.91. The number of piperidine rings is 1. The molecule has 5 rings (SSSR count). The first-order valence-electron chi connectivity index (χ1n) is 11.9. The van der Waals surface area contributed by atoms with E-state index in [1.807, 2.05) is 12.1 Å². The Morgan fingerprint density at radius 1 is 0.969 bits per heavy atom. The molecule has 1 fully saturated rings. The molecular formula is C28H32FN3. The van der Waals surface area contributed by atoms with Gasteiger partial charge in [-0.1, -0.05) is 36.4 Å². The van der Waals surface area contributed by atoms with Gasteiger partial charge in [0, 0.05) is 31.5 Å². The van der Waals surface area contributed by atoms with Crippen molar-refractivity contribution in [1.29, 1.82) is 0 Å². The minimum Gasteiger partial charge on any atom is -0.360 e. The summed E-state index contributed by atoms with van der Waals surface area (Å²) in [5, 5.41) is 3.49. The maximum Gasteiger partial charge on any atom is 0.123 e. The molecule has 4 heteroatoms. The van der Waals surface area contributed by atoms with Gasteiger partial charge in [0.2, 0.25) is 0 Å². The van der Waals surface area contributed by atoms with Crippen LogP contribution in [0.1, 0.15) is 41.9 Å². The van der Waals surface area contributed by atoms with E-state index < -0.39 is 0 Å². The third-order valence-corrected chi connectivity index (χ3v) is 7.00. The summed E-state index contributed by atoms with van der Waals surface area (Å²) in [5.74, 6) is 0.351. The molecule has 0 saturated carbocycles. The molecule has 3 heterocycles. The fourth-order valence-electron chi connectivity index (χ4n) is 5.18. The number of nitrogens with zero attached hydrogens (tertiary/aromatic N) is 1. The Hall–Kier alpha value is -2.69. The summed E-state index contributed by atoms with van der Waals surface area (Å²) in [6.45, 7) is 5.32. The zero-order valence-electron chi connectivity index (χ0n) is 18.6. The lowest BCUT2D eigenvalue weighted by molar-refractivity contribution is 0.306. The molecule has 0 unspecified atom stereocenters. The standard InChI is InChI=1S/C28H32FN3/c29-25-8-6-24(7-9-25)28-27(23-10-15-30-16-11-23)26(20-31-28)22-13-18-32(19-14-22)17-12-21-4-2-1-3-5-21/h1-9,13,20,23,30-31H,10-12,14-19H2. The van der Waals surface area contributed by atoms with Crippen LogP contribution < -0.4 is 5.32 Å². The molecule has 2 aromatic carbocycles. The third-order valence-electron chi connectivity index (χ3n) is 7.00. The van der Waals surface area contributed by atoms with Gasteiger partial charge < -0.3 is 10.3 Å². The van der Waals surface area contributed by atoms with Crippen molar-refractivity contribution in [2.24, 2.45) is 0 Å². The molecule has 166 valence electrons. The number of H-pyrrole nitrogens is 1. The highest BCUT2D eigenvalue weighted by atomic mass is 19.1. The molecule has 3 nitrogen and oxygen atoms in total. The van der Waals surface area contributed by atoms with Crippen molar-refractivity contribution in [2.75, 3.05) is 32.7 Å². The highest BCUT2D eigenvalue weighted by molar-refractivity contribution is 5.77. The lowest BCUT2D eigenvalue weighted by Gasteiger charge is -2.29. The SMILES string of the molecule is Fc1ccc(-c2[nH]cc(C3=CCN(CCc4ccccc4)CC3)c2C2CCNCC2)cc1. The van der Waals surface area contributed by atoms with Crippen molar-refractivity contribution in [2.45, 2.75) is 31.6 Å². The number of hydrogen-bond acceptors (Lipinski definition) is 2. The van der Waals surface area contributed by atoms with E-state index in [-0.39, 0.29) is 5.82 Å². The Balaban J connectivity index is 1.37. The lowest BCUT2D eigenvalue weighted by atomic mass is 9.83. The van der Waals surface area contributed by atoms with E-state index in [0.717, 1.165) is 64.0 Å². The van der Waals surface area contributed by atoms with Crippen LogP contribution in [0.4, 0.5) is 4.39 Å². The molecule has 2 N–H and O–H groups in total. The van der Waals surface area contributed by atoms with Gasteiger partial charge in [-0.2, -0.15) is 0 Å². The van der Waals surface area contributed by atoms with Crippen LogP contribution in [0.5, 0.6) is 0 Å². The molecule has 2 aliphatic rings. The molecule has 0 amide bonds. The summed E-state index contributed by atoms with van der Waals surface area (Å²) in [4.78, 5) is 6.12. The maximum atomic E-state index is 13.5. The summed E-state index contributed by atoms with van der Waals surface area (Å²) >= 11 is 0. The van der Waals surface area contributed by atoms with Crippen LogP contribution >= 0.6 is 0 Å². The van der Waals surface area contributed by atoms with Gasteiger partial charge in [-0.25, -0.2) is 4.39 Å². The second-order valence-electron chi connectivity index (χ2n) is 9.04. The Labute approximate surface area is 190 Å². The average molecular weight is 430 g/mol. The van der Waals surface area contributed by atoms with E-state index in [4.69, 9.17) is 0 Å². The molecule has 1 aromatic heterocycles. The van der Waals surface area contributed by atoms with Crippen LogP contribution in [0.3, 0.4) is 0 Å². The zero-order chi connectivity index (χ0) is 21.8. The molecule has 3 aromatic rings. The second kappa shape index (κ2) is 9.85. The van der Waals surface area contributed by atoms with Crippen molar-refractivity contribution >= 4 is 5.57 Å². The van der Waals surface area contributed by atoms with E-state index in [9.17, 15) is 4.39 Å². The van der Waals surface area contributed by atoms with Gasteiger partial charge in [0.05, 0.1) is 0 Å². The molecule has 0 bridgehead atoms. The van der Waals surface area contributed by atoms with Gasteiger partial charge in [-0.05, 0) is 96.8 Å². The number of rotatable bonds is 6.